The number of thiocarbonyl (C=S) groups is 1. The SMILES string of the molecule is CC(C)(C)N1CCN(c2ccc(C(N)=S)c(Br)c2)CC1. The fourth-order valence-electron chi connectivity index (χ4n) is 2.54. The van der Waals surface area contributed by atoms with Crippen LogP contribution in [0, 0.1) is 0 Å². The number of piperazine rings is 1. The molecule has 2 rings (SSSR count). The van der Waals surface area contributed by atoms with Crippen molar-refractivity contribution in [3.8, 4) is 0 Å². The van der Waals surface area contributed by atoms with Gasteiger partial charge in [-0.1, -0.05) is 12.2 Å². The first-order valence-electron chi connectivity index (χ1n) is 6.88. The second-order valence-corrected chi connectivity index (χ2v) is 7.47. The Hall–Kier alpha value is -0.650. The number of nitrogens with two attached hydrogens (primary N) is 1. The van der Waals surface area contributed by atoms with Crippen molar-refractivity contribution in [2.45, 2.75) is 26.3 Å². The Kier molecular flexibility index (Phi) is 4.72. The molecule has 1 heterocycles. The average Bonchev–Trinajstić information content (AvgIpc) is 2.37. The van der Waals surface area contributed by atoms with Crippen LogP contribution in [0.5, 0.6) is 0 Å². The van der Waals surface area contributed by atoms with Crippen LogP contribution in [0.25, 0.3) is 0 Å². The van der Waals surface area contributed by atoms with E-state index in [4.69, 9.17) is 18.0 Å². The van der Waals surface area contributed by atoms with E-state index in [1.54, 1.807) is 0 Å². The predicted octanol–water partition coefficient (Wildman–Crippen LogP) is 3.00. The summed E-state index contributed by atoms with van der Waals surface area (Å²) in [6.07, 6.45) is 0. The maximum absolute atomic E-state index is 5.69. The molecule has 110 valence electrons. The normalized spacial score (nSPS) is 17.3. The van der Waals surface area contributed by atoms with E-state index in [-0.39, 0.29) is 5.54 Å². The van der Waals surface area contributed by atoms with E-state index in [2.05, 4.69) is 58.6 Å². The van der Waals surface area contributed by atoms with Gasteiger partial charge >= 0.3 is 0 Å². The van der Waals surface area contributed by atoms with Crippen LogP contribution >= 0.6 is 28.1 Å². The Morgan fingerprint density at radius 1 is 1.20 bits per heavy atom. The zero-order valence-electron chi connectivity index (χ0n) is 12.3. The summed E-state index contributed by atoms with van der Waals surface area (Å²) in [5.41, 5.74) is 8.07. The number of rotatable bonds is 2. The summed E-state index contributed by atoms with van der Waals surface area (Å²) < 4.78 is 0.973. The van der Waals surface area contributed by atoms with Gasteiger partial charge in [-0.25, -0.2) is 0 Å². The smallest absolute Gasteiger partial charge is 0.105 e. The van der Waals surface area contributed by atoms with Crippen LogP contribution in [0.15, 0.2) is 22.7 Å². The molecule has 0 radical (unpaired) electrons. The van der Waals surface area contributed by atoms with E-state index in [9.17, 15) is 0 Å². The third-order valence-electron chi connectivity index (χ3n) is 3.81. The minimum absolute atomic E-state index is 0.252. The fourth-order valence-corrected chi connectivity index (χ4v) is 3.43. The van der Waals surface area contributed by atoms with E-state index >= 15 is 0 Å². The van der Waals surface area contributed by atoms with Gasteiger partial charge in [-0.15, -0.1) is 0 Å². The highest BCUT2D eigenvalue weighted by atomic mass is 79.9. The van der Waals surface area contributed by atoms with Gasteiger partial charge in [-0.2, -0.15) is 0 Å². The van der Waals surface area contributed by atoms with Gasteiger partial charge in [0.25, 0.3) is 0 Å². The Morgan fingerprint density at radius 2 is 1.80 bits per heavy atom. The molecule has 0 spiro atoms. The lowest BCUT2D eigenvalue weighted by Crippen LogP contribution is -2.53. The number of hydrogen-bond donors (Lipinski definition) is 1. The zero-order chi connectivity index (χ0) is 14.9. The van der Waals surface area contributed by atoms with Crippen LogP contribution in [-0.2, 0) is 0 Å². The maximum atomic E-state index is 5.69. The molecule has 3 nitrogen and oxygen atoms in total. The Labute approximate surface area is 135 Å². The number of anilines is 1. The summed E-state index contributed by atoms with van der Waals surface area (Å²) in [5, 5.41) is 0. The molecule has 1 aromatic rings. The lowest BCUT2D eigenvalue weighted by Gasteiger charge is -2.43. The molecule has 1 saturated heterocycles. The van der Waals surface area contributed by atoms with Crippen LogP contribution in [-0.4, -0.2) is 41.6 Å². The van der Waals surface area contributed by atoms with Crippen LogP contribution in [0.1, 0.15) is 26.3 Å². The van der Waals surface area contributed by atoms with E-state index in [0.717, 1.165) is 36.2 Å². The second-order valence-electron chi connectivity index (χ2n) is 6.17. The van der Waals surface area contributed by atoms with Gasteiger partial charge in [-0.3, -0.25) is 4.90 Å². The molecule has 2 N–H and O–H groups in total. The molecule has 0 aliphatic carbocycles. The maximum Gasteiger partial charge on any atom is 0.105 e. The molecule has 1 fully saturated rings. The molecule has 1 aliphatic rings. The van der Waals surface area contributed by atoms with Crippen molar-refractivity contribution in [3.63, 3.8) is 0 Å². The number of halogens is 1. The molecule has 0 bridgehead atoms. The monoisotopic (exact) mass is 355 g/mol. The van der Waals surface area contributed by atoms with Gasteiger partial charge in [0.15, 0.2) is 0 Å². The highest BCUT2D eigenvalue weighted by molar-refractivity contribution is 9.10. The largest absolute Gasteiger partial charge is 0.389 e. The summed E-state index contributed by atoms with van der Waals surface area (Å²) in [6.45, 7) is 11.1. The Bertz CT molecular complexity index is 502. The quantitative estimate of drug-likeness (QED) is 0.826. The summed E-state index contributed by atoms with van der Waals surface area (Å²) in [7, 11) is 0. The molecule has 5 heteroatoms. The predicted molar refractivity (Wildman–Crippen MR) is 93.6 cm³/mol. The number of hydrogen-bond acceptors (Lipinski definition) is 3. The third-order valence-corrected chi connectivity index (χ3v) is 4.69. The van der Waals surface area contributed by atoms with Crippen molar-refractivity contribution >= 4 is 38.8 Å². The van der Waals surface area contributed by atoms with Crippen molar-refractivity contribution in [2.75, 3.05) is 31.1 Å². The first-order valence-corrected chi connectivity index (χ1v) is 8.08. The average molecular weight is 356 g/mol. The van der Waals surface area contributed by atoms with Crippen molar-refractivity contribution in [1.82, 2.24) is 4.90 Å². The molecule has 20 heavy (non-hydrogen) atoms. The molecular weight excluding hydrogens is 334 g/mol. The second kappa shape index (κ2) is 6.00. The molecular formula is C15H22BrN3S. The number of benzene rings is 1. The van der Waals surface area contributed by atoms with Crippen LogP contribution in [0.3, 0.4) is 0 Å². The highest BCUT2D eigenvalue weighted by Crippen LogP contribution is 2.26. The van der Waals surface area contributed by atoms with Crippen LogP contribution in [0.2, 0.25) is 0 Å². The molecule has 1 aliphatic heterocycles. The van der Waals surface area contributed by atoms with Crippen LogP contribution < -0.4 is 10.6 Å². The van der Waals surface area contributed by atoms with E-state index in [1.807, 2.05) is 6.07 Å². The molecule has 0 atom stereocenters. The fraction of sp³-hybridized carbons (Fsp3) is 0.533. The molecule has 0 saturated carbocycles. The number of nitrogens with zero attached hydrogens (tertiary/aromatic N) is 2. The van der Waals surface area contributed by atoms with Crippen LogP contribution in [0.4, 0.5) is 5.69 Å². The lowest BCUT2D eigenvalue weighted by molar-refractivity contribution is 0.128. The van der Waals surface area contributed by atoms with Crippen molar-refractivity contribution in [1.29, 1.82) is 0 Å². The summed E-state index contributed by atoms with van der Waals surface area (Å²) in [4.78, 5) is 5.37. The minimum atomic E-state index is 0.252. The highest BCUT2D eigenvalue weighted by Gasteiger charge is 2.26. The summed E-state index contributed by atoms with van der Waals surface area (Å²) in [5.74, 6) is 0. The molecule has 1 aromatic carbocycles. The summed E-state index contributed by atoms with van der Waals surface area (Å²) in [6, 6.07) is 6.21. The van der Waals surface area contributed by atoms with E-state index in [1.165, 1.54) is 5.69 Å². The Balaban J connectivity index is 2.08. The molecule has 0 unspecified atom stereocenters. The lowest BCUT2D eigenvalue weighted by atomic mass is 10.0. The van der Waals surface area contributed by atoms with Crippen molar-refractivity contribution in [3.05, 3.63) is 28.2 Å². The Morgan fingerprint density at radius 3 is 2.25 bits per heavy atom. The first kappa shape index (κ1) is 15.7. The summed E-state index contributed by atoms with van der Waals surface area (Å²) >= 11 is 8.59. The minimum Gasteiger partial charge on any atom is -0.389 e. The van der Waals surface area contributed by atoms with Gasteiger partial charge in [0.2, 0.25) is 0 Å². The van der Waals surface area contributed by atoms with Crippen molar-refractivity contribution in [2.24, 2.45) is 5.73 Å². The molecule has 0 amide bonds. The van der Waals surface area contributed by atoms with E-state index in [0.29, 0.717) is 4.99 Å². The molecule has 0 aromatic heterocycles. The van der Waals surface area contributed by atoms with Gasteiger partial charge in [-0.05, 0) is 54.9 Å². The standard InChI is InChI=1S/C15H22BrN3S/c1-15(2,3)19-8-6-18(7-9-19)11-4-5-12(14(17)20)13(16)10-11/h4-5,10H,6-9H2,1-3H3,(H2,17,20). The van der Waals surface area contributed by atoms with Gasteiger partial charge in [0, 0.05) is 47.4 Å². The van der Waals surface area contributed by atoms with Crippen molar-refractivity contribution < 1.29 is 0 Å². The third kappa shape index (κ3) is 3.51. The first-order chi connectivity index (χ1) is 9.29. The van der Waals surface area contributed by atoms with E-state index < -0.39 is 0 Å². The van der Waals surface area contributed by atoms with Gasteiger partial charge < -0.3 is 10.6 Å². The zero-order valence-corrected chi connectivity index (χ0v) is 14.7. The topological polar surface area (TPSA) is 32.5 Å². The van der Waals surface area contributed by atoms with Gasteiger partial charge in [0.1, 0.15) is 4.99 Å². The van der Waals surface area contributed by atoms with Gasteiger partial charge in [0.05, 0.1) is 0 Å².